The van der Waals surface area contributed by atoms with Crippen LogP contribution in [-0.2, 0) is 4.74 Å². The van der Waals surface area contributed by atoms with E-state index in [9.17, 15) is 4.79 Å². The van der Waals surface area contributed by atoms with Crippen LogP contribution in [0.25, 0.3) is 10.4 Å². The summed E-state index contributed by atoms with van der Waals surface area (Å²) in [6.07, 6.45) is 0. The van der Waals surface area contributed by atoms with E-state index >= 15 is 0 Å². The maximum atomic E-state index is 11.3. The van der Waals surface area contributed by atoms with Gasteiger partial charge in [-0.1, -0.05) is 30.3 Å². The van der Waals surface area contributed by atoms with Crippen molar-refractivity contribution in [3.8, 4) is 10.4 Å². The molecule has 0 N–H and O–H groups in total. The summed E-state index contributed by atoms with van der Waals surface area (Å²) in [7, 11) is 1.35. The molecule has 0 bridgehead atoms. The van der Waals surface area contributed by atoms with Gasteiger partial charge in [0.1, 0.15) is 4.60 Å². The predicted octanol–water partition coefficient (Wildman–Crippen LogP) is 3.36. The van der Waals surface area contributed by atoms with Crippen LogP contribution in [-0.4, -0.2) is 18.1 Å². The second-order valence-electron chi connectivity index (χ2n) is 3.00. The maximum absolute atomic E-state index is 11.3. The Kier molecular flexibility index (Phi) is 3.36. The highest BCUT2D eigenvalue weighted by atomic mass is 79.9. The first-order chi connectivity index (χ1) is 7.72. The molecule has 0 fully saturated rings. The van der Waals surface area contributed by atoms with Gasteiger partial charge in [-0.2, -0.15) is 0 Å². The van der Waals surface area contributed by atoms with Gasteiger partial charge in [-0.25, -0.2) is 9.78 Å². The zero-order valence-electron chi connectivity index (χ0n) is 8.44. The Morgan fingerprint density at radius 3 is 2.69 bits per heavy atom. The van der Waals surface area contributed by atoms with Crippen LogP contribution < -0.4 is 0 Å². The molecule has 0 amide bonds. The molecule has 0 atom stereocenters. The van der Waals surface area contributed by atoms with Gasteiger partial charge in [0.15, 0.2) is 0 Å². The van der Waals surface area contributed by atoms with E-state index in [-0.39, 0.29) is 0 Å². The third-order valence-electron chi connectivity index (χ3n) is 1.98. The molecule has 0 aliphatic heterocycles. The third kappa shape index (κ3) is 2.15. The van der Waals surface area contributed by atoms with Gasteiger partial charge in [0, 0.05) is 0 Å². The first kappa shape index (κ1) is 11.3. The molecule has 82 valence electrons. The van der Waals surface area contributed by atoms with Gasteiger partial charge in [-0.05, 0) is 21.5 Å². The molecule has 1 heterocycles. The number of rotatable bonds is 2. The standard InChI is InChI=1S/C11H8BrNO2S/c1-15-11(14)10-13-9(12)8(16-10)7-5-3-2-4-6-7/h2-6H,1H3. The van der Waals surface area contributed by atoms with Gasteiger partial charge in [0.05, 0.1) is 12.0 Å². The monoisotopic (exact) mass is 297 g/mol. The smallest absolute Gasteiger partial charge is 0.367 e. The summed E-state index contributed by atoms with van der Waals surface area (Å²) in [6.45, 7) is 0. The number of esters is 1. The van der Waals surface area contributed by atoms with Gasteiger partial charge in [-0.3, -0.25) is 0 Å². The van der Waals surface area contributed by atoms with Crippen molar-refractivity contribution in [3.63, 3.8) is 0 Å². The molecular weight excluding hydrogens is 290 g/mol. The van der Waals surface area contributed by atoms with E-state index in [1.165, 1.54) is 18.4 Å². The van der Waals surface area contributed by atoms with Crippen molar-refractivity contribution >= 4 is 33.2 Å². The number of carbonyl (C=O) groups is 1. The first-order valence-electron chi connectivity index (χ1n) is 4.52. The molecule has 2 rings (SSSR count). The largest absolute Gasteiger partial charge is 0.464 e. The Morgan fingerprint density at radius 2 is 2.06 bits per heavy atom. The number of nitrogens with zero attached hydrogens (tertiary/aromatic N) is 1. The lowest BCUT2D eigenvalue weighted by Crippen LogP contribution is -1.99. The van der Waals surface area contributed by atoms with E-state index in [1.807, 2.05) is 30.3 Å². The highest BCUT2D eigenvalue weighted by Gasteiger charge is 2.16. The molecule has 0 spiro atoms. The van der Waals surface area contributed by atoms with Crippen LogP contribution in [0.4, 0.5) is 0 Å². The van der Waals surface area contributed by atoms with Crippen LogP contribution in [0.15, 0.2) is 34.9 Å². The lowest BCUT2D eigenvalue weighted by molar-refractivity contribution is 0.0600. The summed E-state index contributed by atoms with van der Waals surface area (Å²) in [4.78, 5) is 16.4. The van der Waals surface area contributed by atoms with Crippen LogP contribution in [0.5, 0.6) is 0 Å². The van der Waals surface area contributed by atoms with Crippen molar-refractivity contribution in [2.45, 2.75) is 0 Å². The summed E-state index contributed by atoms with van der Waals surface area (Å²) in [5.74, 6) is -0.409. The number of benzene rings is 1. The second kappa shape index (κ2) is 4.76. The number of methoxy groups -OCH3 is 1. The Balaban J connectivity index is 2.44. The minimum atomic E-state index is -0.409. The molecule has 0 saturated heterocycles. The molecule has 5 heteroatoms. The molecule has 2 aromatic rings. The van der Waals surface area contributed by atoms with Crippen molar-refractivity contribution in [1.29, 1.82) is 0 Å². The van der Waals surface area contributed by atoms with Crippen LogP contribution >= 0.6 is 27.3 Å². The molecule has 0 unspecified atom stereocenters. The van der Waals surface area contributed by atoms with E-state index in [0.29, 0.717) is 9.61 Å². The zero-order chi connectivity index (χ0) is 11.5. The topological polar surface area (TPSA) is 39.2 Å². The normalized spacial score (nSPS) is 10.1. The van der Waals surface area contributed by atoms with Gasteiger partial charge in [-0.15, -0.1) is 11.3 Å². The zero-order valence-corrected chi connectivity index (χ0v) is 10.8. The molecule has 0 saturated carbocycles. The summed E-state index contributed by atoms with van der Waals surface area (Å²) < 4.78 is 5.30. The maximum Gasteiger partial charge on any atom is 0.367 e. The predicted molar refractivity (Wildman–Crippen MR) is 66.6 cm³/mol. The van der Waals surface area contributed by atoms with Crippen LogP contribution in [0.3, 0.4) is 0 Å². The van der Waals surface area contributed by atoms with E-state index in [4.69, 9.17) is 0 Å². The van der Waals surface area contributed by atoms with Crippen molar-refractivity contribution in [2.24, 2.45) is 0 Å². The molecule has 1 aromatic heterocycles. The Morgan fingerprint density at radius 1 is 1.38 bits per heavy atom. The van der Waals surface area contributed by atoms with Gasteiger partial charge >= 0.3 is 5.97 Å². The fourth-order valence-electron chi connectivity index (χ4n) is 1.24. The summed E-state index contributed by atoms with van der Waals surface area (Å²) in [6, 6.07) is 9.77. The van der Waals surface area contributed by atoms with Gasteiger partial charge in [0.25, 0.3) is 0 Å². The van der Waals surface area contributed by atoms with E-state index in [0.717, 1.165) is 10.4 Å². The lowest BCUT2D eigenvalue weighted by Gasteiger charge is -1.95. The number of thiazole rings is 1. The fourth-order valence-corrected chi connectivity index (χ4v) is 2.89. The molecule has 1 aromatic carbocycles. The van der Waals surface area contributed by atoms with Gasteiger partial charge < -0.3 is 4.74 Å². The molecule has 0 radical (unpaired) electrons. The summed E-state index contributed by atoms with van der Waals surface area (Å²) in [5, 5.41) is 0.355. The SMILES string of the molecule is COC(=O)c1nc(Br)c(-c2ccccc2)s1. The van der Waals surface area contributed by atoms with Crippen LogP contribution in [0.2, 0.25) is 0 Å². The average molecular weight is 298 g/mol. The number of carbonyl (C=O) groups excluding carboxylic acids is 1. The summed E-state index contributed by atoms with van der Waals surface area (Å²) in [5.41, 5.74) is 1.03. The lowest BCUT2D eigenvalue weighted by atomic mass is 10.2. The van der Waals surface area contributed by atoms with Crippen LogP contribution in [0.1, 0.15) is 9.80 Å². The van der Waals surface area contributed by atoms with E-state index in [2.05, 4.69) is 25.7 Å². The van der Waals surface area contributed by atoms with E-state index < -0.39 is 5.97 Å². The van der Waals surface area contributed by atoms with Crippen molar-refractivity contribution in [2.75, 3.05) is 7.11 Å². The summed E-state index contributed by atoms with van der Waals surface area (Å²) >= 11 is 4.66. The Labute approximate surface area is 105 Å². The minimum Gasteiger partial charge on any atom is -0.464 e. The first-order valence-corrected chi connectivity index (χ1v) is 6.13. The Hall–Kier alpha value is -1.20. The molecule has 0 aliphatic carbocycles. The average Bonchev–Trinajstić information content (AvgIpc) is 2.71. The van der Waals surface area contributed by atoms with Crippen molar-refractivity contribution in [3.05, 3.63) is 39.9 Å². The highest BCUT2D eigenvalue weighted by molar-refractivity contribution is 9.10. The minimum absolute atomic E-state index is 0.355. The van der Waals surface area contributed by atoms with Gasteiger partial charge in [0.2, 0.25) is 5.01 Å². The van der Waals surface area contributed by atoms with Crippen LogP contribution in [0, 0.1) is 0 Å². The van der Waals surface area contributed by atoms with Crippen molar-refractivity contribution < 1.29 is 9.53 Å². The molecule has 0 aliphatic rings. The number of hydrogen-bond donors (Lipinski definition) is 0. The quantitative estimate of drug-likeness (QED) is 0.798. The second-order valence-corrected chi connectivity index (χ2v) is 4.75. The fraction of sp³-hybridized carbons (Fsp3) is 0.0909. The molecule has 3 nitrogen and oxygen atoms in total. The molecular formula is C11H8BrNO2S. The third-order valence-corrected chi connectivity index (χ3v) is 3.90. The van der Waals surface area contributed by atoms with Crippen molar-refractivity contribution in [1.82, 2.24) is 4.98 Å². The number of ether oxygens (including phenoxy) is 1. The van der Waals surface area contributed by atoms with E-state index in [1.54, 1.807) is 0 Å². The number of halogens is 1. The number of hydrogen-bond acceptors (Lipinski definition) is 4. The Bertz CT molecular complexity index is 510. The molecule has 16 heavy (non-hydrogen) atoms. The highest BCUT2D eigenvalue weighted by Crippen LogP contribution is 2.33. The number of aromatic nitrogens is 1.